The molecule has 1 aromatic heterocycles. The Morgan fingerprint density at radius 3 is 2.52 bits per heavy atom. The lowest BCUT2D eigenvalue weighted by atomic mass is 10.1. The standard InChI is InChI=1S/C18H32N6O/c1-18(2,25-5)14-22-17(19-3)21-13-15-6-7-16(20-12-15)24-10-8-23(4)9-11-24/h6-7,12H,8-11,13-14H2,1-5H3,(H2,19,21,22). The van der Waals surface area contributed by atoms with Crippen molar-refractivity contribution in [3.63, 3.8) is 0 Å². The number of nitrogens with one attached hydrogen (secondary N) is 2. The highest BCUT2D eigenvalue weighted by Crippen LogP contribution is 2.13. The minimum Gasteiger partial charge on any atom is -0.377 e. The van der Waals surface area contributed by atoms with E-state index in [1.165, 1.54) is 0 Å². The van der Waals surface area contributed by atoms with E-state index in [1.54, 1.807) is 14.2 Å². The molecular formula is C18H32N6O. The number of piperazine rings is 1. The van der Waals surface area contributed by atoms with Crippen molar-refractivity contribution in [1.29, 1.82) is 0 Å². The molecule has 0 aliphatic carbocycles. The normalized spacial score (nSPS) is 16.8. The first kappa shape index (κ1) is 19.5. The first-order valence-corrected chi connectivity index (χ1v) is 8.81. The third-order valence-corrected chi connectivity index (χ3v) is 4.55. The van der Waals surface area contributed by atoms with Crippen LogP contribution in [0.4, 0.5) is 5.82 Å². The van der Waals surface area contributed by atoms with Gasteiger partial charge in [-0.2, -0.15) is 0 Å². The topological polar surface area (TPSA) is 65.0 Å². The predicted octanol–water partition coefficient (Wildman–Crippen LogP) is 0.923. The lowest BCUT2D eigenvalue weighted by molar-refractivity contribution is 0.0268. The summed E-state index contributed by atoms with van der Waals surface area (Å²) in [5.74, 6) is 1.81. The van der Waals surface area contributed by atoms with Crippen LogP contribution in [0.2, 0.25) is 0 Å². The third-order valence-electron chi connectivity index (χ3n) is 4.55. The lowest BCUT2D eigenvalue weighted by Crippen LogP contribution is -2.45. The molecule has 1 aromatic rings. The summed E-state index contributed by atoms with van der Waals surface area (Å²) in [6.07, 6.45) is 1.94. The second-order valence-electron chi connectivity index (χ2n) is 7.06. The fourth-order valence-electron chi connectivity index (χ4n) is 2.52. The maximum atomic E-state index is 5.41. The van der Waals surface area contributed by atoms with Crippen molar-refractivity contribution in [3.05, 3.63) is 23.9 Å². The van der Waals surface area contributed by atoms with Gasteiger partial charge in [0, 0.05) is 59.6 Å². The Morgan fingerprint density at radius 1 is 1.24 bits per heavy atom. The summed E-state index contributed by atoms with van der Waals surface area (Å²) in [6.45, 7) is 9.69. The number of guanidine groups is 1. The Balaban J connectivity index is 1.82. The number of hydrogen-bond donors (Lipinski definition) is 2. The SMILES string of the molecule is CN=C(NCc1ccc(N2CCN(C)CC2)nc1)NCC(C)(C)OC. The Kier molecular flexibility index (Phi) is 7.01. The smallest absolute Gasteiger partial charge is 0.191 e. The molecule has 1 aliphatic heterocycles. The van der Waals surface area contributed by atoms with Gasteiger partial charge in [-0.15, -0.1) is 0 Å². The van der Waals surface area contributed by atoms with Gasteiger partial charge in [0.2, 0.25) is 0 Å². The summed E-state index contributed by atoms with van der Waals surface area (Å²) >= 11 is 0. The van der Waals surface area contributed by atoms with Gasteiger partial charge in [0.05, 0.1) is 5.60 Å². The van der Waals surface area contributed by atoms with Crippen molar-refractivity contribution in [2.45, 2.75) is 26.0 Å². The van der Waals surface area contributed by atoms with E-state index in [9.17, 15) is 0 Å². The van der Waals surface area contributed by atoms with Gasteiger partial charge in [-0.3, -0.25) is 4.99 Å². The van der Waals surface area contributed by atoms with Gasteiger partial charge in [-0.05, 0) is 32.5 Å². The van der Waals surface area contributed by atoms with Crippen LogP contribution in [-0.2, 0) is 11.3 Å². The monoisotopic (exact) mass is 348 g/mol. The molecule has 0 aromatic carbocycles. The Bertz CT molecular complexity index is 549. The maximum absolute atomic E-state index is 5.41. The zero-order valence-corrected chi connectivity index (χ0v) is 16.2. The molecule has 0 atom stereocenters. The van der Waals surface area contributed by atoms with E-state index in [-0.39, 0.29) is 5.60 Å². The Morgan fingerprint density at radius 2 is 1.96 bits per heavy atom. The molecule has 25 heavy (non-hydrogen) atoms. The second-order valence-corrected chi connectivity index (χ2v) is 7.06. The van der Waals surface area contributed by atoms with Crippen LogP contribution < -0.4 is 15.5 Å². The lowest BCUT2D eigenvalue weighted by Gasteiger charge is -2.33. The molecule has 1 fully saturated rings. The number of anilines is 1. The molecule has 1 aliphatic rings. The second kappa shape index (κ2) is 9.01. The number of likely N-dealkylation sites (N-methyl/N-ethyl adjacent to an activating group) is 1. The fraction of sp³-hybridized carbons (Fsp3) is 0.667. The van der Waals surface area contributed by atoms with Crippen molar-refractivity contribution >= 4 is 11.8 Å². The van der Waals surface area contributed by atoms with E-state index >= 15 is 0 Å². The Labute approximate surface area is 151 Å². The van der Waals surface area contributed by atoms with Crippen LogP contribution >= 0.6 is 0 Å². The quantitative estimate of drug-likeness (QED) is 0.589. The Hall–Kier alpha value is -1.86. The molecular weight excluding hydrogens is 316 g/mol. The molecule has 0 bridgehead atoms. The molecule has 2 heterocycles. The van der Waals surface area contributed by atoms with E-state index in [0.29, 0.717) is 13.1 Å². The number of pyridine rings is 1. The van der Waals surface area contributed by atoms with Crippen LogP contribution in [0, 0.1) is 0 Å². The summed E-state index contributed by atoms with van der Waals surface area (Å²) in [7, 11) is 5.64. The number of aromatic nitrogens is 1. The first-order chi connectivity index (χ1) is 11.9. The van der Waals surface area contributed by atoms with E-state index in [4.69, 9.17) is 4.74 Å². The van der Waals surface area contributed by atoms with E-state index in [1.807, 2.05) is 20.0 Å². The van der Waals surface area contributed by atoms with Crippen molar-refractivity contribution in [1.82, 2.24) is 20.5 Å². The molecule has 0 amide bonds. The summed E-state index contributed by atoms with van der Waals surface area (Å²) in [6, 6.07) is 4.23. The van der Waals surface area contributed by atoms with E-state index < -0.39 is 0 Å². The average molecular weight is 348 g/mol. The highest BCUT2D eigenvalue weighted by molar-refractivity contribution is 5.79. The fourth-order valence-corrected chi connectivity index (χ4v) is 2.52. The maximum Gasteiger partial charge on any atom is 0.191 e. The van der Waals surface area contributed by atoms with Gasteiger partial charge >= 0.3 is 0 Å². The van der Waals surface area contributed by atoms with Gasteiger partial charge in [-0.1, -0.05) is 6.07 Å². The zero-order valence-electron chi connectivity index (χ0n) is 16.2. The van der Waals surface area contributed by atoms with Gasteiger partial charge in [-0.25, -0.2) is 4.98 Å². The minimum absolute atomic E-state index is 0.233. The van der Waals surface area contributed by atoms with Gasteiger partial charge in [0.1, 0.15) is 5.82 Å². The van der Waals surface area contributed by atoms with E-state index in [2.05, 4.69) is 49.6 Å². The minimum atomic E-state index is -0.233. The molecule has 2 N–H and O–H groups in total. The molecule has 0 spiro atoms. The van der Waals surface area contributed by atoms with Crippen LogP contribution in [0.25, 0.3) is 0 Å². The molecule has 0 radical (unpaired) electrons. The van der Waals surface area contributed by atoms with Gasteiger partial charge in [0.25, 0.3) is 0 Å². The largest absolute Gasteiger partial charge is 0.377 e. The highest BCUT2D eigenvalue weighted by atomic mass is 16.5. The number of nitrogens with zero attached hydrogens (tertiary/aromatic N) is 4. The summed E-state index contributed by atoms with van der Waals surface area (Å²) in [5.41, 5.74) is 0.899. The number of ether oxygens (including phenoxy) is 1. The number of hydrogen-bond acceptors (Lipinski definition) is 5. The van der Waals surface area contributed by atoms with E-state index in [0.717, 1.165) is 43.5 Å². The third kappa shape index (κ3) is 6.17. The molecule has 0 saturated carbocycles. The molecule has 2 rings (SSSR count). The van der Waals surface area contributed by atoms with Crippen LogP contribution in [0.15, 0.2) is 23.3 Å². The first-order valence-electron chi connectivity index (χ1n) is 8.81. The van der Waals surface area contributed by atoms with Gasteiger partial charge < -0.3 is 25.2 Å². The molecule has 0 unspecified atom stereocenters. The van der Waals surface area contributed by atoms with Crippen molar-refractivity contribution < 1.29 is 4.74 Å². The summed E-state index contributed by atoms with van der Waals surface area (Å²) in [5, 5.41) is 6.59. The van der Waals surface area contributed by atoms with Crippen LogP contribution in [-0.4, -0.2) is 75.4 Å². The van der Waals surface area contributed by atoms with Crippen molar-refractivity contribution in [3.8, 4) is 0 Å². The zero-order chi connectivity index (χ0) is 18.3. The van der Waals surface area contributed by atoms with Crippen molar-refractivity contribution in [2.75, 3.05) is 58.8 Å². The van der Waals surface area contributed by atoms with Crippen LogP contribution in [0.1, 0.15) is 19.4 Å². The molecule has 7 nitrogen and oxygen atoms in total. The van der Waals surface area contributed by atoms with Crippen LogP contribution in [0.3, 0.4) is 0 Å². The highest BCUT2D eigenvalue weighted by Gasteiger charge is 2.17. The molecule has 1 saturated heterocycles. The number of rotatable bonds is 6. The number of aliphatic imine (C=N–C) groups is 1. The number of methoxy groups -OCH3 is 1. The van der Waals surface area contributed by atoms with Gasteiger partial charge in [0.15, 0.2) is 5.96 Å². The summed E-state index contributed by atoms with van der Waals surface area (Å²) in [4.78, 5) is 13.5. The van der Waals surface area contributed by atoms with Crippen molar-refractivity contribution in [2.24, 2.45) is 4.99 Å². The molecule has 140 valence electrons. The van der Waals surface area contributed by atoms with Crippen LogP contribution in [0.5, 0.6) is 0 Å². The molecule has 7 heteroatoms. The summed E-state index contributed by atoms with van der Waals surface area (Å²) < 4.78 is 5.41. The predicted molar refractivity (Wildman–Crippen MR) is 103 cm³/mol. The average Bonchev–Trinajstić information content (AvgIpc) is 2.63.